The van der Waals surface area contributed by atoms with Gasteiger partial charge in [0.25, 0.3) is 0 Å². The Labute approximate surface area is 128 Å². The Morgan fingerprint density at radius 1 is 1.14 bits per heavy atom. The van der Waals surface area contributed by atoms with E-state index < -0.39 is 0 Å². The molecule has 0 aromatic carbocycles. The third-order valence-electron chi connectivity index (χ3n) is 7.70. The molecule has 3 saturated carbocycles. The van der Waals surface area contributed by atoms with Gasteiger partial charge in [0.15, 0.2) is 0 Å². The molecule has 0 N–H and O–H groups in total. The number of rotatable bonds is 1. The van der Waals surface area contributed by atoms with Crippen LogP contribution in [0.2, 0.25) is 0 Å². The molecule has 0 spiro atoms. The van der Waals surface area contributed by atoms with Crippen molar-refractivity contribution in [3.05, 3.63) is 23.8 Å². The molecule has 3 fully saturated rings. The highest BCUT2D eigenvalue weighted by Gasteiger charge is 2.55. The summed E-state index contributed by atoms with van der Waals surface area (Å²) in [6.07, 6.45) is 17.4. The smallest absolute Gasteiger partial charge is 0.123 e. The summed E-state index contributed by atoms with van der Waals surface area (Å²) < 4.78 is 0. The van der Waals surface area contributed by atoms with Crippen molar-refractivity contribution >= 4 is 6.29 Å². The summed E-state index contributed by atoms with van der Waals surface area (Å²) in [5.41, 5.74) is 2.59. The molecular formula is C20H28O. The van der Waals surface area contributed by atoms with E-state index in [9.17, 15) is 4.79 Å². The van der Waals surface area contributed by atoms with E-state index in [1.54, 1.807) is 5.57 Å². The maximum absolute atomic E-state index is 11.2. The Balaban J connectivity index is 1.63. The van der Waals surface area contributed by atoms with Crippen LogP contribution in [0.1, 0.15) is 58.8 Å². The highest BCUT2D eigenvalue weighted by atomic mass is 16.1. The first-order valence-electron chi connectivity index (χ1n) is 8.92. The van der Waals surface area contributed by atoms with E-state index in [1.165, 1.54) is 38.4 Å². The van der Waals surface area contributed by atoms with Gasteiger partial charge in [-0.05, 0) is 68.1 Å². The van der Waals surface area contributed by atoms with Crippen molar-refractivity contribution in [3.63, 3.8) is 0 Å². The van der Waals surface area contributed by atoms with Gasteiger partial charge in [-0.3, -0.25) is 0 Å². The van der Waals surface area contributed by atoms with E-state index in [4.69, 9.17) is 0 Å². The van der Waals surface area contributed by atoms with Gasteiger partial charge in [0.1, 0.15) is 6.29 Å². The second-order valence-electron chi connectivity index (χ2n) is 8.60. The van der Waals surface area contributed by atoms with Gasteiger partial charge in [0, 0.05) is 11.3 Å². The summed E-state index contributed by atoms with van der Waals surface area (Å²) in [5.74, 6) is 2.82. The first-order chi connectivity index (χ1) is 10.1. The number of carbonyl (C=O) groups is 1. The summed E-state index contributed by atoms with van der Waals surface area (Å²) in [6.45, 7) is 5.00. The van der Waals surface area contributed by atoms with Crippen molar-refractivity contribution in [1.82, 2.24) is 0 Å². The average molecular weight is 284 g/mol. The minimum absolute atomic E-state index is 0.348. The van der Waals surface area contributed by atoms with Gasteiger partial charge in [-0.1, -0.05) is 37.6 Å². The highest BCUT2D eigenvalue weighted by molar-refractivity contribution is 5.53. The molecule has 4 aliphatic carbocycles. The first kappa shape index (κ1) is 13.8. The van der Waals surface area contributed by atoms with Crippen LogP contribution in [0, 0.1) is 34.5 Å². The van der Waals surface area contributed by atoms with Gasteiger partial charge in [0.05, 0.1) is 0 Å². The molecule has 0 saturated heterocycles. The summed E-state index contributed by atoms with van der Waals surface area (Å²) in [4.78, 5) is 11.2. The third kappa shape index (κ3) is 1.85. The summed E-state index contributed by atoms with van der Waals surface area (Å²) >= 11 is 0. The van der Waals surface area contributed by atoms with Gasteiger partial charge in [-0.2, -0.15) is 0 Å². The fourth-order valence-corrected chi connectivity index (χ4v) is 6.34. The largest absolute Gasteiger partial charge is 0.303 e. The number of fused-ring (bicyclic) bond motifs is 5. The predicted octanol–water partition coefficient (Wildman–Crippen LogP) is 4.93. The van der Waals surface area contributed by atoms with Crippen molar-refractivity contribution in [2.45, 2.75) is 58.8 Å². The van der Waals surface area contributed by atoms with Crippen molar-refractivity contribution in [3.8, 4) is 0 Å². The quantitative estimate of drug-likeness (QED) is 0.624. The maximum Gasteiger partial charge on any atom is 0.123 e. The lowest BCUT2D eigenvalue weighted by Crippen LogP contribution is -2.50. The van der Waals surface area contributed by atoms with Crippen LogP contribution in [0.4, 0.5) is 0 Å². The maximum atomic E-state index is 11.2. The Kier molecular flexibility index (Phi) is 3.00. The fraction of sp³-hybridized carbons (Fsp3) is 0.750. The number of allylic oxidation sites excluding steroid dienone is 4. The van der Waals surface area contributed by atoms with E-state index in [2.05, 4.69) is 32.1 Å². The lowest BCUT2D eigenvalue weighted by molar-refractivity contribution is -0.117. The van der Waals surface area contributed by atoms with Crippen molar-refractivity contribution in [1.29, 1.82) is 0 Å². The van der Waals surface area contributed by atoms with Crippen LogP contribution in [0.3, 0.4) is 0 Å². The number of carbonyl (C=O) groups excluding carboxylic acids is 1. The van der Waals surface area contributed by atoms with Gasteiger partial charge in [-0.25, -0.2) is 0 Å². The van der Waals surface area contributed by atoms with Crippen LogP contribution in [-0.2, 0) is 4.79 Å². The molecule has 1 nitrogen and oxygen atoms in total. The van der Waals surface area contributed by atoms with E-state index in [0.29, 0.717) is 16.7 Å². The van der Waals surface area contributed by atoms with E-state index in [-0.39, 0.29) is 0 Å². The Bertz CT molecular complexity index is 516. The summed E-state index contributed by atoms with van der Waals surface area (Å²) in [6, 6.07) is 0. The second-order valence-corrected chi connectivity index (χ2v) is 8.60. The predicted molar refractivity (Wildman–Crippen MR) is 85.8 cm³/mol. The highest BCUT2D eigenvalue weighted by Crippen LogP contribution is 2.64. The second kappa shape index (κ2) is 4.57. The lowest BCUT2D eigenvalue weighted by atomic mass is 9.46. The summed E-state index contributed by atoms with van der Waals surface area (Å²) in [5, 5.41) is 0. The molecule has 6 atom stereocenters. The monoisotopic (exact) mass is 284 g/mol. The minimum atomic E-state index is 0.348. The number of aldehydes is 1. The van der Waals surface area contributed by atoms with Crippen molar-refractivity contribution < 1.29 is 4.79 Å². The van der Waals surface area contributed by atoms with Crippen LogP contribution >= 0.6 is 0 Å². The topological polar surface area (TPSA) is 17.1 Å². The SMILES string of the molecule is C[C@@]12C=CC=C1[C@@H]1CCC3CC(C=O)CC[C@]3(C)[C@H]1CC2. The first-order valence-corrected chi connectivity index (χ1v) is 8.92. The van der Waals surface area contributed by atoms with Gasteiger partial charge in [0.2, 0.25) is 0 Å². The van der Waals surface area contributed by atoms with E-state index in [0.717, 1.165) is 30.6 Å². The van der Waals surface area contributed by atoms with Crippen LogP contribution in [0.15, 0.2) is 23.8 Å². The Hall–Kier alpha value is -0.850. The lowest BCUT2D eigenvalue weighted by Gasteiger charge is -2.59. The van der Waals surface area contributed by atoms with E-state index in [1.807, 2.05) is 0 Å². The molecule has 0 bridgehead atoms. The fourth-order valence-electron chi connectivity index (χ4n) is 6.34. The average Bonchev–Trinajstić information content (AvgIpc) is 2.88. The Morgan fingerprint density at radius 2 is 2.00 bits per heavy atom. The van der Waals surface area contributed by atoms with Crippen LogP contribution in [0.25, 0.3) is 0 Å². The molecule has 0 heterocycles. The molecule has 4 aliphatic rings. The molecule has 0 amide bonds. The molecule has 2 unspecified atom stereocenters. The van der Waals surface area contributed by atoms with Crippen molar-refractivity contribution in [2.24, 2.45) is 34.5 Å². The molecule has 0 aromatic heterocycles. The van der Waals surface area contributed by atoms with Gasteiger partial charge < -0.3 is 4.79 Å². The molecule has 0 aromatic rings. The zero-order valence-corrected chi connectivity index (χ0v) is 13.5. The van der Waals surface area contributed by atoms with E-state index >= 15 is 0 Å². The normalized spacial score (nSPS) is 51.6. The number of hydrogen-bond donors (Lipinski definition) is 0. The molecule has 114 valence electrons. The van der Waals surface area contributed by atoms with Crippen LogP contribution in [0.5, 0.6) is 0 Å². The zero-order valence-electron chi connectivity index (χ0n) is 13.5. The molecular weight excluding hydrogens is 256 g/mol. The molecule has 4 rings (SSSR count). The molecule has 0 aliphatic heterocycles. The third-order valence-corrected chi connectivity index (χ3v) is 7.70. The minimum Gasteiger partial charge on any atom is -0.303 e. The standard InChI is InChI=1S/C20H28O/c1-19-9-3-4-17(19)16-6-5-15-12-14(13-21)7-11-20(15,2)18(16)8-10-19/h3-4,9,13-16,18H,5-8,10-12H2,1-2H3/t14?,15?,16-,18-,19-,20-/m0/s1. The number of hydrogen-bond acceptors (Lipinski definition) is 1. The van der Waals surface area contributed by atoms with Gasteiger partial charge in [-0.15, -0.1) is 0 Å². The van der Waals surface area contributed by atoms with Crippen LogP contribution in [-0.4, -0.2) is 6.29 Å². The van der Waals surface area contributed by atoms with Gasteiger partial charge >= 0.3 is 0 Å². The Morgan fingerprint density at radius 3 is 2.81 bits per heavy atom. The van der Waals surface area contributed by atoms with Crippen molar-refractivity contribution in [2.75, 3.05) is 0 Å². The van der Waals surface area contributed by atoms with Crippen LogP contribution < -0.4 is 0 Å². The zero-order chi connectivity index (χ0) is 14.7. The molecule has 1 heteroatoms. The summed E-state index contributed by atoms with van der Waals surface area (Å²) in [7, 11) is 0. The molecule has 0 radical (unpaired) electrons. The molecule has 21 heavy (non-hydrogen) atoms.